The monoisotopic (exact) mass is 245 g/mol. The largest absolute Gasteiger partial charge is 0.504 e. The number of nitrogens with zero attached hydrogens (tertiary/aromatic N) is 1. The van der Waals surface area contributed by atoms with E-state index >= 15 is 0 Å². The summed E-state index contributed by atoms with van der Waals surface area (Å²) in [6.45, 7) is 0.246. The molecular formula is C10H15NO4S. The molecule has 16 heavy (non-hydrogen) atoms. The average molecular weight is 245 g/mol. The first kappa shape index (κ1) is 12.8. The summed E-state index contributed by atoms with van der Waals surface area (Å²) < 4.78 is 28.6. The van der Waals surface area contributed by atoms with E-state index in [0.29, 0.717) is 5.75 Å². The molecule has 1 aromatic rings. The van der Waals surface area contributed by atoms with Crippen LogP contribution in [0.2, 0.25) is 0 Å². The molecule has 0 radical (unpaired) electrons. The van der Waals surface area contributed by atoms with Gasteiger partial charge in [-0.2, -0.15) is 0 Å². The number of rotatable bonds is 4. The summed E-state index contributed by atoms with van der Waals surface area (Å²) in [5.74, 6) is 0.368. The first-order chi connectivity index (χ1) is 7.34. The van der Waals surface area contributed by atoms with Crippen molar-refractivity contribution in [3.63, 3.8) is 0 Å². The van der Waals surface area contributed by atoms with Crippen molar-refractivity contribution in [2.45, 2.75) is 6.54 Å². The average Bonchev–Trinajstić information content (AvgIpc) is 2.19. The Labute approximate surface area is 95.3 Å². The van der Waals surface area contributed by atoms with Crippen LogP contribution in [0.25, 0.3) is 0 Å². The van der Waals surface area contributed by atoms with Gasteiger partial charge in [-0.05, 0) is 17.7 Å². The lowest BCUT2D eigenvalue weighted by atomic mass is 10.2. The van der Waals surface area contributed by atoms with E-state index in [-0.39, 0.29) is 12.3 Å². The van der Waals surface area contributed by atoms with Crippen molar-refractivity contribution in [2.75, 3.05) is 20.4 Å². The fourth-order valence-electron chi connectivity index (χ4n) is 1.19. The molecule has 0 spiro atoms. The standard InChI is InChI=1S/C10H15NO4S/c1-11(16(3,13)14)7-8-4-5-9(12)10(6-8)15-2/h4-6,12H,7H2,1-3H3. The summed E-state index contributed by atoms with van der Waals surface area (Å²) in [6.07, 6.45) is 1.14. The van der Waals surface area contributed by atoms with Gasteiger partial charge in [0, 0.05) is 13.6 Å². The lowest BCUT2D eigenvalue weighted by Crippen LogP contribution is -2.24. The zero-order chi connectivity index (χ0) is 12.3. The van der Waals surface area contributed by atoms with E-state index in [2.05, 4.69) is 0 Å². The second-order valence-corrected chi connectivity index (χ2v) is 5.61. The Hall–Kier alpha value is -1.27. The van der Waals surface area contributed by atoms with E-state index in [1.54, 1.807) is 12.1 Å². The molecule has 1 rings (SSSR count). The Balaban J connectivity index is 2.91. The van der Waals surface area contributed by atoms with Crippen LogP contribution in [0.15, 0.2) is 18.2 Å². The third-order valence-corrected chi connectivity index (χ3v) is 3.48. The van der Waals surface area contributed by atoms with Crippen LogP contribution in [0.3, 0.4) is 0 Å². The Morgan fingerprint density at radius 2 is 2.06 bits per heavy atom. The van der Waals surface area contributed by atoms with Crippen LogP contribution in [0.5, 0.6) is 11.5 Å². The van der Waals surface area contributed by atoms with Crippen LogP contribution in [0.4, 0.5) is 0 Å². The number of methoxy groups -OCH3 is 1. The fourth-order valence-corrected chi connectivity index (χ4v) is 1.58. The van der Waals surface area contributed by atoms with Crippen molar-refractivity contribution in [2.24, 2.45) is 0 Å². The highest BCUT2D eigenvalue weighted by Crippen LogP contribution is 2.26. The van der Waals surface area contributed by atoms with E-state index in [1.807, 2.05) is 0 Å². The van der Waals surface area contributed by atoms with Gasteiger partial charge >= 0.3 is 0 Å². The van der Waals surface area contributed by atoms with Gasteiger partial charge in [0.15, 0.2) is 11.5 Å². The lowest BCUT2D eigenvalue weighted by Gasteiger charge is -2.14. The number of phenols is 1. The second kappa shape index (κ2) is 4.71. The summed E-state index contributed by atoms with van der Waals surface area (Å²) in [5, 5.41) is 9.37. The van der Waals surface area contributed by atoms with Gasteiger partial charge < -0.3 is 9.84 Å². The van der Waals surface area contributed by atoms with Gasteiger partial charge in [0.25, 0.3) is 0 Å². The molecule has 0 bridgehead atoms. The van der Waals surface area contributed by atoms with Crippen molar-refractivity contribution in [1.82, 2.24) is 4.31 Å². The van der Waals surface area contributed by atoms with Gasteiger partial charge in [-0.1, -0.05) is 6.07 Å². The highest BCUT2D eigenvalue weighted by atomic mass is 32.2. The van der Waals surface area contributed by atoms with Gasteiger partial charge in [0.1, 0.15) is 0 Å². The van der Waals surface area contributed by atoms with Crippen LogP contribution < -0.4 is 4.74 Å². The van der Waals surface area contributed by atoms with Crippen molar-refractivity contribution in [3.8, 4) is 11.5 Å². The highest BCUT2D eigenvalue weighted by Gasteiger charge is 2.12. The summed E-state index contributed by atoms with van der Waals surface area (Å²) in [5.41, 5.74) is 0.752. The molecule has 0 aliphatic rings. The maximum atomic E-state index is 11.2. The number of ether oxygens (including phenoxy) is 1. The number of aromatic hydroxyl groups is 1. The van der Waals surface area contributed by atoms with Crippen LogP contribution in [0.1, 0.15) is 5.56 Å². The number of phenolic OH excluding ortho intramolecular Hbond substituents is 1. The van der Waals surface area contributed by atoms with Gasteiger partial charge in [-0.3, -0.25) is 0 Å². The topological polar surface area (TPSA) is 66.8 Å². The van der Waals surface area contributed by atoms with Crippen molar-refractivity contribution >= 4 is 10.0 Å². The fraction of sp³-hybridized carbons (Fsp3) is 0.400. The molecule has 6 heteroatoms. The molecule has 5 nitrogen and oxygen atoms in total. The van der Waals surface area contributed by atoms with Crippen molar-refractivity contribution < 1.29 is 18.3 Å². The number of benzene rings is 1. The maximum absolute atomic E-state index is 11.2. The zero-order valence-electron chi connectivity index (χ0n) is 9.47. The summed E-state index contributed by atoms with van der Waals surface area (Å²) in [7, 11) is -0.262. The Morgan fingerprint density at radius 3 is 2.56 bits per heavy atom. The molecule has 0 fully saturated rings. The first-order valence-corrected chi connectivity index (χ1v) is 6.46. The van der Waals surface area contributed by atoms with Crippen LogP contribution in [-0.4, -0.2) is 38.2 Å². The van der Waals surface area contributed by atoms with E-state index in [4.69, 9.17) is 4.74 Å². The number of hydrogen-bond acceptors (Lipinski definition) is 4. The molecule has 0 aliphatic heterocycles. The minimum absolute atomic E-state index is 0.0354. The maximum Gasteiger partial charge on any atom is 0.211 e. The Morgan fingerprint density at radius 1 is 1.44 bits per heavy atom. The lowest BCUT2D eigenvalue weighted by molar-refractivity contribution is 0.372. The first-order valence-electron chi connectivity index (χ1n) is 4.62. The van der Waals surface area contributed by atoms with Crippen molar-refractivity contribution in [1.29, 1.82) is 0 Å². The smallest absolute Gasteiger partial charge is 0.211 e. The molecule has 1 N–H and O–H groups in total. The second-order valence-electron chi connectivity index (χ2n) is 3.53. The van der Waals surface area contributed by atoms with Crippen LogP contribution in [0, 0.1) is 0 Å². The molecule has 0 amide bonds. The molecule has 1 aromatic carbocycles. The molecule has 0 atom stereocenters. The molecule has 0 aromatic heterocycles. The zero-order valence-corrected chi connectivity index (χ0v) is 10.3. The normalized spacial score (nSPS) is 11.8. The number of sulfonamides is 1. The van der Waals surface area contributed by atoms with Gasteiger partial charge in [0.2, 0.25) is 10.0 Å². The van der Waals surface area contributed by atoms with E-state index in [9.17, 15) is 13.5 Å². The molecule has 0 unspecified atom stereocenters. The van der Waals surface area contributed by atoms with E-state index in [0.717, 1.165) is 11.8 Å². The third kappa shape index (κ3) is 3.11. The van der Waals surface area contributed by atoms with Gasteiger partial charge in [-0.15, -0.1) is 0 Å². The predicted molar refractivity (Wildman–Crippen MR) is 61.0 cm³/mol. The molecule has 0 heterocycles. The Kier molecular flexibility index (Phi) is 3.77. The Bertz CT molecular complexity index is 470. The quantitative estimate of drug-likeness (QED) is 0.851. The highest BCUT2D eigenvalue weighted by molar-refractivity contribution is 7.88. The van der Waals surface area contributed by atoms with Crippen molar-refractivity contribution in [3.05, 3.63) is 23.8 Å². The van der Waals surface area contributed by atoms with Gasteiger partial charge in [0.05, 0.1) is 13.4 Å². The minimum atomic E-state index is -3.20. The molecule has 90 valence electrons. The SMILES string of the molecule is COc1cc(CN(C)S(C)(=O)=O)ccc1O. The molecule has 0 saturated carbocycles. The summed E-state index contributed by atoms with van der Waals surface area (Å²) >= 11 is 0. The third-order valence-electron chi connectivity index (χ3n) is 2.22. The number of hydrogen-bond donors (Lipinski definition) is 1. The molecule has 0 aliphatic carbocycles. The van der Waals surface area contributed by atoms with Crippen LogP contribution >= 0.6 is 0 Å². The summed E-state index contributed by atoms with van der Waals surface area (Å²) in [4.78, 5) is 0. The summed E-state index contributed by atoms with van der Waals surface area (Å²) in [6, 6.07) is 4.74. The predicted octanol–water partition coefficient (Wildman–Crippen LogP) is 0.792. The molecular weight excluding hydrogens is 230 g/mol. The van der Waals surface area contributed by atoms with E-state index < -0.39 is 10.0 Å². The minimum Gasteiger partial charge on any atom is -0.504 e. The van der Waals surface area contributed by atoms with Crippen LogP contribution in [-0.2, 0) is 16.6 Å². The molecule has 0 saturated heterocycles. The van der Waals surface area contributed by atoms with E-state index in [1.165, 1.54) is 24.5 Å². The van der Waals surface area contributed by atoms with Gasteiger partial charge in [-0.25, -0.2) is 12.7 Å².